The molecule has 0 unspecified atom stereocenters. The van der Waals surface area contributed by atoms with Crippen LogP contribution in [-0.2, 0) is 6.54 Å². The average molecular weight is 211 g/mol. The molecule has 3 aromatic rings. The molecule has 0 amide bonds. The van der Waals surface area contributed by atoms with E-state index in [1.807, 2.05) is 6.20 Å². The van der Waals surface area contributed by atoms with Crippen LogP contribution in [0.2, 0.25) is 0 Å². The Bertz CT molecular complexity index is 601. The molecule has 2 aromatic heterocycles. The lowest BCUT2D eigenvalue weighted by molar-refractivity contribution is 1.05. The van der Waals surface area contributed by atoms with Crippen LogP contribution in [-0.4, -0.2) is 9.55 Å². The molecule has 0 fully saturated rings. The Morgan fingerprint density at radius 3 is 2.62 bits per heavy atom. The molecular weight excluding hydrogens is 198 g/mol. The number of aromatic amines is 1. The zero-order valence-corrected chi connectivity index (χ0v) is 8.85. The van der Waals surface area contributed by atoms with Crippen LogP contribution < -0.4 is 5.73 Å². The summed E-state index contributed by atoms with van der Waals surface area (Å²) in [5.74, 6) is 0. The van der Waals surface area contributed by atoms with Crippen molar-refractivity contribution in [3.63, 3.8) is 0 Å². The van der Waals surface area contributed by atoms with Gasteiger partial charge >= 0.3 is 0 Å². The van der Waals surface area contributed by atoms with Gasteiger partial charge < -0.3 is 15.3 Å². The van der Waals surface area contributed by atoms with E-state index in [1.165, 1.54) is 5.39 Å². The van der Waals surface area contributed by atoms with Crippen LogP contribution in [0.1, 0.15) is 5.56 Å². The second-order valence-corrected chi connectivity index (χ2v) is 3.84. The van der Waals surface area contributed by atoms with E-state index >= 15 is 0 Å². The number of rotatable bonds is 2. The van der Waals surface area contributed by atoms with Crippen LogP contribution in [0.3, 0.4) is 0 Å². The van der Waals surface area contributed by atoms with E-state index in [4.69, 9.17) is 5.73 Å². The lowest BCUT2D eigenvalue weighted by Gasteiger charge is -2.04. The average Bonchev–Trinajstić information content (AvgIpc) is 2.91. The Labute approximate surface area is 93.5 Å². The number of aromatic nitrogens is 2. The van der Waals surface area contributed by atoms with Crippen molar-refractivity contribution in [2.75, 3.05) is 0 Å². The fourth-order valence-electron chi connectivity index (χ4n) is 1.95. The van der Waals surface area contributed by atoms with Gasteiger partial charge in [-0.05, 0) is 29.8 Å². The van der Waals surface area contributed by atoms with E-state index in [1.54, 1.807) is 0 Å². The summed E-state index contributed by atoms with van der Waals surface area (Å²) < 4.78 is 2.13. The molecule has 0 aliphatic carbocycles. The van der Waals surface area contributed by atoms with Crippen molar-refractivity contribution in [3.8, 4) is 5.69 Å². The molecule has 0 saturated heterocycles. The van der Waals surface area contributed by atoms with Crippen LogP contribution >= 0.6 is 0 Å². The third-order valence-electron chi connectivity index (χ3n) is 2.85. The van der Waals surface area contributed by atoms with Gasteiger partial charge in [-0.1, -0.05) is 12.1 Å². The van der Waals surface area contributed by atoms with Gasteiger partial charge in [0.25, 0.3) is 0 Å². The molecule has 3 heteroatoms. The van der Waals surface area contributed by atoms with Gasteiger partial charge in [0.2, 0.25) is 0 Å². The van der Waals surface area contributed by atoms with Crippen molar-refractivity contribution < 1.29 is 0 Å². The summed E-state index contributed by atoms with van der Waals surface area (Å²) >= 11 is 0. The lowest BCUT2D eigenvalue weighted by Crippen LogP contribution is -1.97. The number of nitrogens with zero attached hydrogens (tertiary/aromatic N) is 1. The minimum Gasteiger partial charge on any atom is -0.347 e. The van der Waals surface area contributed by atoms with Crippen molar-refractivity contribution in [3.05, 3.63) is 54.4 Å². The highest BCUT2D eigenvalue weighted by atomic mass is 15.0. The second kappa shape index (κ2) is 3.54. The molecule has 0 saturated carbocycles. The molecule has 16 heavy (non-hydrogen) atoms. The van der Waals surface area contributed by atoms with Gasteiger partial charge in [0.15, 0.2) is 0 Å². The maximum Gasteiger partial charge on any atom is 0.122 e. The summed E-state index contributed by atoms with van der Waals surface area (Å²) in [5.41, 5.74) is 9.00. The molecule has 3 nitrogen and oxygen atoms in total. The summed E-state index contributed by atoms with van der Waals surface area (Å²) in [6.07, 6.45) is 4.02. The summed E-state index contributed by atoms with van der Waals surface area (Å²) in [7, 11) is 0. The number of H-pyrrole nitrogens is 1. The normalized spacial score (nSPS) is 11.1. The number of nitrogens with one attached hydrogen (secondary N) is 1. The van der Waals surface area contributed by atoms with E-state index in [0.717, 1.165) is 16.9 Å². The highest BCUT2D eigenvalue weighted by molar-refractivity contribution is 5.78. The van der Waals surface area contributed by atoms with E-state index in [0.29, 0.717) is 6.54 Å². The third-order valence-corrected chi connectivity index (χ3v) is 2.85. The lowest BCUT2D eigenvalue weighted by atomic mass is 10.2. The fraction of sp³-hybridized carbons (Fsp3) is 0.0769. The minimum absolute atomic E-state index is 0.587. The van der Waals surface area contributed by atoms with Crippen LogP contribution in [0, 0.1) is 0 Å². The minimum atomic E-state index is 0.587. The van der Waals surface area contributed by atoms with Crippen molar-refractivity contribution in [1.82, 2.24) is 9.55 Å². The molecule has 0 aliphatic heterocycles. The zero-order chi connectivity index (χ0) is 11.0. The molecule has 2 heterocycles. The number of fused-ring (bicyclic) bond motifs is 1. The molecule has 80 valence electrons. The fourth-order valence-corrected chi connectivity index (χ4v) is 1.95. The Morgan fingerprint density at radius 2 is 1.88 bits per heavy atom. The standard InChI is InChI=1S/C13H13N3/c14-9-10-1-3-12(4-2-10)16-8-6-11-5-7-15-13(11)16/h1-8,15H,9,14H2. The van der Waals surface area contributed by atoms with Crippen LogP contribution in [0.25, 0.3) is 16.7 Å². The molecule has 0 radical (unpaired) electrons. The van der Waals surface area contributed by atoms with Gasteiger partial charge in [-0.2, -0.15) is 0 Å². The maximum atomic E-state index is 5.58. The smallest absolute Gasteiger partial charge is 0.122 e. The molecule has 0 spiro atoms. The Hall–Kier alpha value is -2.00. The van der Waals surface area contributed by atoms with Crippen LogP contribution in [0.4, 0.5) is 0 Å². The molecule has 3 rings (SSSR count). The quantitative estimate of drug-likeness (QED) is 0.672. The van der Waals surface area contributed by atoms with Gasteiger partial charge in [-0.15, -0.1) is 0 Å². The first-order valence-electron chi connectivity index (χ1n) is 5.32. The van der Waals surface area contributed by atoms with Gasteiger partial charge in [-0.25, -0.2) is 0 Å². The molecule has 0 bridgehead atoms. The van der Waals surface area contributed by atoms with Crippen LogP contribution in [0.5, 0.6) is 0 Å². The first-order valence-corrected chi connectivity index (χ1v) is 5.32. The highest BCUT2D eigenvalue weighted by Crippen LogP contribution is 2.19. The first-order chi connectivity index (χ1) is 7.88. The summed E-state index contributed by atoms with van der Waals surface area (Å²) in [4.78, 5) is 3.23. The summed E-state index contributed by atoms with van der Waals surface area (Å²) in [6.45, 7) is 0.587. The van der Waals surface area contributed by atoms with E-state index in [9.17, 15) is 0 Å². The number of hydrogen-bond donors (Lipinski definition) is 2. The number of hydrogen-bond acceptors (Lipinski definition) is 1. The predicted octanol–water partition coefficient (Wildman–Crippen LogP) is 2.42. The van der Waals surface area contributed by atoms with Gasteiger partial charge in [0, 0.05) is 30.0 Å². The Morgan fingerprint density at radius 1 is 1.06 bits per heavy atom. The van der Waals surface area contributed by atoms with E-state index in [-0.39, 0.29) is 0 Å². The largest absolute Gasteiger partial charge is 0.347 e. The van der Waals surface area contributed by atoms with Crippen molar-refractivity contribution in [2.24, 2.45) is 5.73 Å². The van der Waals surface area contributed by atoms with Crippen molar-refractivity contribution in [1.29, 1.82) is 0 Å². The maximum absolute atomic E-state index is 5.58. The summed E-state index contributed by atoms with van der Waals surface area (Å²) in [6, 6.07) is 12.5. The van der Waals surface area contributed by atoms with Crippen molar-refractivity contribution >= 4 is 11.0 Å². The predicted molar refractivity (Wildman–Crippen MR) is 65.5 cm³/mol. The third kappa shape index (κ3) is 1.33. The Balaban J connectivity index is 2.12. The molecule has 0 atom stereocenters. The summed E-state index contributed by atoms with van der Waals surface area (Å²) in [5, 5.41) is 1.22. The van der Waals surface area contributed by atoms with Gasteiger partial charge in [0.1, 0.15) is 5.65 Å². The van der Waals surface area contributed by atoms with Crippen molar-refractivity contribution in [2.45, 2.75) is 6.54 Å². The molecule has 1 aromatic carbocycles. The number of nitrogens with two attached hydrogens (primary N) is 1. The van der Waals surface area contributed by atoms with Gasteiger partial charge in [-0.3, -0.25) is 0 Å². The first kappa shape index (κ1) is 9.24. The molecule has 3 N–H and O–H groups in total. The monoisotopic (exact) mass is 211 g/mol. The topological polar surface area (TPSA) is 46.7 Å². The van der Waals surface area contributed by atoms with Gasteiger partial charge in [0.05, 0.1) is 0 Å². The van der Waals surface area contributed by atoms with E-state index in [2.05, 4.69) is 52.1 Å². The van der Waals surface area contributed by atoms with E-state index < -0.39 is 0 Å². The zero-order valence-electron chi connectivity index (χ0n) is 8.85. The number of benzene rings is 1. The van der Waals surface area contributed by atoms with Crippen LogP contribution in [0.15, 0.2) is 48.8 Å². The second-order valence-electron chi connectivity index (χ2n) is 3.84. The molecule has 0 aliphatic rings. The highest BCUT2D eigenvalue weighted by Gasteiger charge is 2.03. The SMILES string of the molecule is NCc1ccc(-n2ccc3cc[nH]c32)cc1. The molecular formula is C13H13N3. The Kier molecular flexibility index (Phi) is 2.04.